The SMILES string of the molecule is CN=C(NCC(F)F)N1CC2CCCCC2C1. The van der Waals surface area contributed by atoms with Crippen LogP contribution < -0.4 is 5.32 Å². The summed E-state index contributed by atoms with van der Waals surface area (Å²) in [5.74, 6) is 2.13. The topological polar surface area (TPSA) is 27.6 Å². The normalized spacial score (nSPS) is 29.6. The molecular weight excluding hydrogens is 224 g/mol. The summed E-state index contributed by atoms with van der Waals surface area (Å²) in [6.07, 6.45) is 2.88. The average Bonchev–Trinajstić information content (AvgIpc) is 2.72. The maximum Gasteiger partial charge on any atom is 0.255 e. The zero-order valence-corrected chi connectivity index (χ0v) is 10.3. The molecule has 0 bridgehead atoms. The van der Waals surface area contributed by atoms with E-state index in [1.807, 2.05) is 0 Å². The van der Waals surface area contributed by atoms with Gasteiger partial charge in [0.05, 0.1) is 6.54 Å². The Morgan fingerprint density at radius 1 is 1.29 bits per heavy atom. The van der Waals surface area contributed by atoms with Crippen molar-refractivity contribution < 1.29 is 8.78 Å². The molecule has 2 fully saturated rings. The van der Waals surface area contributed by atoms with Crippen molar-refractivity contribution in [3.05, 3.63) is 0 Å². The molecule has 3 nitrogen and oxygen atoms in total. The summed E-state index contributed by atoms with van der Waals surface area (Å²) in [7, 11) is 1.66. The van der Waals surface area contributed by atoms with Gasteiger partial charge in [0, 0.05) is 20.1 Å². The number of likely N-dealkylation sites (tertiary alicyclic amines) is 1. The largest absolute Gasteiger partial charge is 0.351 e. The molecule has 2 atom stereocenters. The van der Waals surface area contributed by atoms with Gasteiger partial charge in [-0.25, -0.2) is 8.78 Å². The molecule has 1 aliphatic heterocycles. The van der Waals surface area contributed by atoms with Gasteiger partial charge in [0.25, 0.3) is 6.43 Å². The second kappa shape index (κ2) is 5.65. The van der Waals surface area contributed by atoms with Gasteiger partial charge in [-0.2, -0.15) is 0 Å². The van der Waals surface area contributed by atoms with Crippen molar-refractivity contribution >= 4 is 5.96 Å². The fraction of sp³-hybridized carbons (Fsp3) is 0.917. The number of hydrogen-bond donors (Lipinski definition) is 1. The Labute approximate surface area is 101 Å². The highest BCUT2D eigenvalue weighted by Gasteiger charge is 2.35. The molecule has 0 amide bonds. The highest BCUT2D eigenvalue weighted by Crippen LogP contribution is 2.35. The van der Waals surface area contributed by atoms with Crippen LogP contribution in [0.3, 0.4) is 0 Å². The first-order chi connectivity index (χ1) is 8.20. The van der Waals surface area contributed by atoms with E-state index in [0.717, 1.165) is 24.9 Å². The van der Waals surface area contributed by atoms with E-state index in [1.165, 1.54) is 25.7 Å². The van der Waals surface area contributed by atoms with Crippen LogP contribution in [0.1, 0.15) is 25.7 Å². The van der Waals surface area contributed by atoms with Gasteiger partial charge in [-0.15, -0.1) is 0 Å². The molecule has 2 aliphatic rings. The molecule has 1 N–H and O–H groups in total. The average molecular weight is 245 g/mol. The van der Waals surface area contributed by atoms with Gasteiger partial charge in [-0.05, 0) is 24.7 Å². The minimum Gasteiger partial charge on any atom is -0.351 e. The van der Waals surface area contributed by atoms with Gasteiger partial charge in [-0.3, -0.25) is 4.99 Å². The Morgan fingerprint density at radius 2 is 1.88 bits per heavy atom. The molecule has 2 rings (SSSR count). The maximum atomic E-state index is 12.2. The van der Waals surface area contributed by atoms with E-state index < -0.39 is 6.43 Å². The standard InChI is InChI=1S/C12H21F2N3/c1-15-12(16-6-11(13)14)17-7-9-4-2-3-5-10(9)8-17/h9-11H,2-8H2,1H3,(H,15,16). The Bertz CT molecular complexity index is 267. The van der Waals surface area contributed by atoms with Gasteiger partial charge in [0.15, 0.2) is 5.96 Å². The number of alkyl halides is 2. The van der Waals surface area contributed by atoms with Gasteiger partial charge in [-0.1, -0.05) is 12.8 Å². The quantitative estimate of drug-likeness (QED) is 0.595. The Hall–Kier alpha value is -0.870. The second-order valence-electron chi connectivity index (χ2n) is 5.03. The van der Waals surface area contributed by atoms with Crippen LogP contribution in [-0.4, -0.2) is 44.0 Å². The zero-order valence-electron chi connectivity index (χ0n) is 10.3. The molecular formula is C12H21F2N3. The molecule has 1 saturated heterocycles. The molecule has 0 spiro atoms. The van der Waals surface area contributed by atoms with E-state index in [9.17, 15) is 8.78 Å². The molecule has 0 radical (unpaired) electrons. The van der Waals surface area contributed by atoms with E-state index in [-0.39, 0.29) is 6.54 Å². The van der Waals surface area contributed by atoms with E-state index in [2.05, 4.69) is 15.2 Å². The van der Waals surface area contributed by atoms with E-state index in [0.29, 0.717) is 5.96 Å². The summed E-state index contributed by atoms with van der Waals surface area (Å²) in [5, 5.41) is 2.75. The number of fused-ring (bicyclic) bond motifs is 1. The highest BCUT2D eigenvalue weighted by atomic mass is 19.3. The summed E-state index contributed by atoms with van der Waals surface area (Å²) >= 11 is 0. The third-order valence-corrected chi connectivity index (χ3v) is 3.90. The third-order valence-electron chi connectivity index (χ3n) is 3.90. The molecule has 1 saturated carbocycles. The maximum absolute atomic E-state index is 12.2. The van der Waals surface area contributed by atoms with Crippen LogP contribution in [-0.2, 0) is 0 Å². The minimum absolute atomic E-state index is 0.307. The lowest BCUT2D eigenvalue weighted by molar-refractivity contribution is 0.151. The molecule has 5 heteroatoms. The van der Waals surface area contributed by atoms with Crippen LogP contribution in [0.2, 0.25) is 0 Å². The Kier molecular flexibility index (Phi) is 4.18. The van der Waals surface area contributed by atoms with Crippen LogP contribution >= 0.6 is 0 Å². The first kappa shape index (κ1) is 12.6. The molecule has 98 valence electrons. The first-order valence-corrected chi connectivity index (χ1v) is 6.44. The van der Waals surface area contributed by atoms with E-state index >= 15 is 0 Å². The van der Waals surface area contributed by atoms with Crippen molar-refractivity contribution in [3.8, 4) is 0 Å². The van der Waals surface area contributed by atoms with Crippen molar-refractivity contribution in [1.82, 2.24) is 10.2 Å². The lowest BCUT2D eigenvalue weighted by atomic mass is 9.82. The third kappa shape index (κ3) is 3.07. The molecule has 17 heavy (non-hydrogen) atoms. The van der Waals surface area contributed by atoms with Gasteiger partial charge in [0.2, 0.25) is 0 Å². The van der Waals surface area contributed by atoms with Crippen LogP contribution in [0.25, 0.3) is 0 Å². The Morgan fingerprint density at radius 3 is 2.35 bits per heavy atom. The molecule has 2 unspecified atom stereocenters. The van der Waals surface area contributed by atoms with Crippen molar-refractivity contribution in [2.75, 3.05) is 26.7 Å². The molecule has 0 aromatic heterocycles. The minimum atomic E-state index is -2.32. The molecule has 1 aliphatic carbocycles. The van der Waals surface area contributed by atoms with Gasteiger partial charge in [0.1, 0.15) is 0 Å². The summed E-state index contributed by atoms with van der Waals surface area (Å²) in [6, 6.07) is 0. The van der Waals surface area contributed by atoms with Crippen molar-refractivity contribution in [1.29, 1.82) is 0 Å². The molecule has 1 heterocycles. The second-order valence-corrected chi connectivity index (χ2v) is 5.03. The van der Waals surface area contributed by atoms with Crippen molar-refractivity contribution in [2.45, 2.75) is 32.1 Å². The van der Waals surface area contributed by atoms with Gasteiger partial charge >= 0.3 is 0 Å². The van der Waals surface area contributed by atoms with Crippen molar-refractivity contribution in [2.24, 2.45) is 16.8 Å². The number of nitrogens with zero attached hydrogens (tertiary/aromatic N) is 2. The first-order valence-electron chi connectivity index (χ1n) is 6.44. The fourth-order valence-electron chi connectivity index (χ4n) is 3.08. The number of halogens is 2. The monoisotopic (exact) mass is 245 g/mol. The number of nitrogens with one attached hydrogen (secondary N) is 1. The molecule has 0 aromatic carbocycles. The fourth-order valence-corrected chi connectivity index (χ4v) is 3.08. The Balaban J connectivity index is 1.88. The summed E-state index contributed by atoms with van der Waals surface area (Å²) in [4.78, 5) is 6.24. The summed E-state index contributed by atoms with van der Waals surface area (Å²) in [6.45, 7) is 1.65. The van der Waals surface area contributed by atoms with Gasteiger partial charge < -0.3 is 10.2 Å². The van der Waals surface area contributed by atoms with Crippen LogP contribution in [0.15, 0.2) is 4.99 Å². The number of guanidine groups is 1. The van der Waals surface area contributed by atoms with E-state index in [4.69, 9.17) is 0 Å². The molecule has 0 aromatic rings. The zero-order chi connectivity index (χ0) is 12.3. The van der Waals surface area contributed by atoms with E-state index in [1.54, 1.807) is 7.05 Å². The predicted molar refractivity (Wildman–Crippen MR) is 64.4 cm³/mol. The van der Waals surface area contributed by atoms with Crippen LogP contribution in [0, 0.1) is 11.8 Å². The smallest absolute Gasteiger partial charge is 0.255 e. The lowest BCUT2D eigenvalue weighted by Gasteiger charge is -2.22. The predicted octanol–water partition coefficient (Wildman–Crippen LogP) is 1.95. The summed E-state index contributed by atoms with van der Waals surface area (Å²) in [5.41, 5.74) is 0. The van der Waals surface area contributed by atoms with Crippen LogP contribution in [0.4, 0.5) is 8.78 Å². The van der Waals surface area contributed by atoms with Crippen molar-refractivity contribution in [3.63, 3.8) is 0 Å². The van der Waals surface area contributed by atoms with Crippen LogP contribution in [0.5, 0.6) is 0 Å². The number of rotatable bonds is 2. The summed E-state index contributed by atoms with van der Waals surface area (Å²) < 4.78 is 24.4. The number of aliphatic imine (C=N–C) groups is 1. The lowest BCUT2D eigenvalue weighted by Crippen LogP contribution is -2.42. The highest BCUT2D eigenvalue weighted by molar-refractivity contribution is 5.80. The number of hydrogen-bond acceptors (Lipinski definition) is 1.